The van der Waals surface area contributed by atoms with Crippen LogP contribution < -0.4 is 0 Å². The lowest BCUT2D eigenvalue weighted by Crippen LogP contribution is -2.20. The Hall–Kier alpha value is -0.620. The maximum atomic E-state index is 11.9. The first-order valence-electron chi connectivity index (χ1n) is 9.36. The fourth-order valence-corrected chi connectivity index (χ4v) is 4.12. The summed E-state index contributed by atoms with van der Waals surface area (Å²) in [6, 6.07) is 0. The first-order chi connectivity index (χ1) is 11.3. The number of hydrogen-bond acceptors (Lipinski definition) is 4. The van der Waals surface area contributed by atoms with Gasteiger partial charge >= 0.3 is 5.97 Å². The third kappa shape index (κ3) is 13.8. The molecule has 144 valence electrons. The minimum absolute atomic E-state index is 0.186. The molecule has 0 saturated heterocycles. The quantitative estimate of drug-likeness (QED) is 0.405. The van der Waals surface area contributed by atoms with Crippen LogP contribution in [0.15, 0.2) is 0 Å². The van der Waals surface area contributed by atoms with Gasteiger partial charge in [-0.25, -0.2) is 8.42 Å². The molecule has 24 heavy (non-hydrogen) atoms. The Labute approximate surface area is 147 Å². The molecule has 0 aliphatic carbocycles. The number of sulfone groups is 1. The van der Waals surface area contributed by atoms with Gasteiger partial charge in [0.15, 0.2) is 0 Å². The highest BCUT2D eigenvalue weighted by Gasteiger charge is 2.20. The highest BCUT2D eigenvalue weighted by atomic mass is 32.2. The van der Waals surface area contributed by atoms with Crippen LogP contribution in [0.1, 0.15) is 90.4 Å². The van der Waals surface area contributed by atoms with Crippen LogP contribution in [0.25, 0.3) is 0 Å². The van der Waals surface area contributed by atoms with Gasteiger partial charge in [-0.2, -0.15) is 0 Å². The van der Waals surface area contributed by atoms with Crippen molar-refractivity contribution >= 4 is 15.8 Å². The molecule has 0 aromatic carbocycles. The van der Waals surface area contributed by atoms with Gasteiger partial charge in [-0.3, -0.25) is 4.79 Å². The second-order valence-electron chi connectivity index (χ2n) is 6.88. The molecule has 2 unspecified atom stereocenters. The Bertz CT molecular complexity index is 419. The summed E-state index contributed by atoms with van der Waals surface area (Å²) in [5, 5.41) is 18.2. The Balaban J connectivity index is 3.96. The fourth-order valence-electron chi connectivity index (χ4n) is 2.93. The van der Waals surface area contributed by atoms with Crippen LogP contribution in [-0.2, 0) is 14.6 Å². The van der Waals surface area contributed by atoms with Crippen molar-refractivity contribution in [2.45, 2.75) is 102 Å². The molecule has 6 heteroatoms. The molecule has 0 bridgehead atoms. The fraction of sp³-hybridized carbons (Fsp3) is 0.944. The minimum Gasteiger partial charge on any atom is -0.481 e. The summed E-state index contributed by atoms with van der Waals surface area (Å²) in [6.45, 7) is 2.13. The summed E-state index contributed by atoms with van der Waals surface area (Å²) >= 11 is 0. The van der Waals surface area contributed by atoms with Gasteiger partial charge in [0.2, 0.25) is 0 Å². The zero-order valence-electron chi connectivity index (χ0n) is 15.4. The number of hydrogen-bond donors (Lipinski definition) is 2. The molecule has 2 atom stereocenters. The second kappa shape index (κ2) is 13.6. The second-order valence-corrected chi connectivity index (χ2v) is 9.20. The number of aliphatic carboxylic acids is 1. The van der Waals surface area contributed by atoms with Crippen molar-refractivity contribution in [1.29, 1.82) is 0 Å². The Kier molecular flexibility index (Phi) is 13.3. The van der Waals surface area contributed by atoms with Crippen molar-refractivity contribution in [3.8, 4) is 0 Å². The average molecular weight is 365 g/mol. The standard InChI is InChI=1S/C18H36O5S/c1-3-4-7-11-16(19)12-10-14-17(24(2,22)23)13-8-5-6-9-15-18(20)21/h16-17,19H,3-15H2,1-2H3,(H,20,21). The SMILES string of the molecule is CCCCCC(O)CCCC(CCCCCCC(=O)O)S(C)(=O)=O. The smallest absolute Gasteiger partial charge is 0.303 e. The van der Waals surface area contributed by atoms with Gasteiger partial charge in [0, 0.05) is 12.7 Å². The molecule has 0 saturated carbocycles. The van der Waals surface area contributed by atoms with Crippen LogP contribution in [0, 0.1) is 0 Å². The molecule has 0 rings (SSSR count). The van der Waals surface area contributed by atoms with E-state index in [4.69, 9.17) is 5.11 Å². The van der Waals surface area contributed by atoms with Crippen molar-refractivity contribution in [1.82, 2.24) is 0 Å². The van der Waals surface area contributed by atoms with E-state index >= 15 is 0 Å². The zero-order chi connectivity index (χ0) is 18.4. The largest absolute Gasteiger partial charge is 0.481 e. The van der Waals surface area contributed by atoms with Gasteiger partial charge in [-0.05, 0) is 38.5 Å². The summed E-state index contributed by atoms with van der Waals surface area (Å²) in [6.07, 6.45) is 11.1. The highest BCUT2D eigenvalue weighted by molar-refractivity contribution is 7.91. The molecular formula is C18H36O5S. The third-order valence-corrected chi connectivity index (χ3v) is 6.16. The number of rotatable bonds is 16. The number of carbonyl (C=O) groups is 1. The van der Waals surface area contributed by atoms with Crippen LogP contribution in [-0.4, -0.2) is 42.2 Å². The molecule has 0 fully saturated rings. The summed E-state index contributed by atoms with van der Waals surface area (Å²) < 4.78 is 23.8. The summed E-state index contributed by atoms with van der Waals surface area (Å²) in [5.74, 6) is -0.776. The Morgan fingerprint density at radius 2 is 1.42 bits per heavy atom. The van der Waals surface area contributed by atoms with Crippen molar-refractivity contribution in [2.75, 3.05) is 6.26 Å². The molecular weight excluding hydrogens is 328 g/mol. The van der Waals surface area contributed by atoms with E-state index in [1.54, 1.807) is 0 Å². The van der Waals surface area contributed by atoms with Gasteiger partial charge in [-0.15, -0.1) is 0 Å². The third-order valence-electron chi connectivity index (χ3n) is 4.48. The van der Waals surface area contributed by atoms with Crippen molar-refractivity contribution in [2.24, 2.45) is 0 Å². The summed E-state index contributed by atoms with van der Waals surface area (Å²) in [4.78, 5) is 10.4. The maximum Gasteiger partial charge on any atom is 0.303 e. The van der Waals surface area contributed by atoms with Crippen LogP contribution in [0.4, 0.5) is 0 Å². The lowest BCUT2D eigenvalue weighted by molar-refractivity contribution is -0.137. The molecule has 0 amide bonds. The van der Waals surface area contributed by atoms with E-state index in [-0.39, 0.29) is 17.8 Å². The molecule has 0 aliphatic rings. The molecule has 5 nitrogen and oxygen atoms in total. The molecule has 0 aliphatic heterocycles. The van der Waals surface area contributed by atoms with Crippen LogP contribution >= 0.6 is 0 Å². The molecule has 0 aromatic rings. The minimum atomic E-state index is -3.07. The summed E-state index contributed by atoms with van der Waals surface area (Å²) in [5.41, 5.74) is 0. The highest BCUT2D eigenvalue weighted by Crippen LogP contribution is 2.19. The van der Waals surface area contributed by atoms with E-state index in [1.165, 1.54) is 6.26 Å². The van der Waals surface area contributed by atoms with E-state index in [0.29, 0.717) is 25.7 Å². The molecule has 0 heterocycles. The van der Waals surface area contributed by atoms with Gasteiger partial charge in [-0.1, -0.05) is 45.4 Å². The number of aliphatic hydroxyl groups is 1. The van der Waals surface area contributed by atoms with E-state index in [9.17, 15) is 18.3 Å². The van der Waals surface area contributed by atoms with Crippen LogP contribution in [0.3, 0.4) is 0 Å². The molecule has 0 aromatic heterocycles. The number of carboxylic acid groups (broad SMARTS) is 1. The average Bonchev–Trinajstić information content (AvgIpc) is 2.47. The number of aliphatic hydroxyl groups excluding tert-OH is 1. The predicted octanol–water partition coefficient (Wildman–Crippen LogP) is 3.94. The van der Waals surface area contributed by atoms with Crippen LogP contribution in [0.5, 0.6) is 0 Å². The van der Waals surface area contributed by atoms with E-state index < -0.39 is 15.8 Å². The molecule has 2 N–H and O–H groups in total. The Morgan fingerprint density at radius 1 is 0.875 bits per heavy atom. The van der Waals surface area contributed by atoms with Crippen molar-refractivity contribution < 1.29 is 23.4 Å². The molecule has 0 spiro atoms. The van der Waals surface area contributed by atoms with Gasteiger partial charge in [0.05, 0.1) is 11.4 Å². The van der Waals surface area contributed by atoms with E-state index in [1.807, 2.05) is 0 Å². The van der Waals surface area contributed by atoms with Gasteiger partial charge < -0.3 is 10.2 Å². The van der Waals surface area contributed by atoms with E-state index in [2.05, 4.69) is 6.92 Å². The normalized spacial score (nSPS) is 14.5. The molecule has 0 radical (unpaired) electrons. The first-order valence-corrected chi connectivity index (χ1v) is 11.3. The van der Waals surface area contributed by atoms with Crippen LogP contribution in [0.2, 0.25) is 0 Å². The van der Waals surface area contributed by atoms with Crippen molar-refractivity contribution in [3.63, 3.8) is 0 Å². The zero-order valence-corrected chi connectivity index (χ0v) is 16.2. The number of carboxylic acids is 1. The van der Waals surface area contributed by atoms with Gasteiger partial charge in [0.25, 0.3) is 0 Å². The topological polar surface area (TPSA) is 91.7 Å². The van der Waals surface area contributed by atoms with Gasteiger partial charge in [0.1, 0.15) is 9.84 Å². The number of unbranched alkanes of at least 4 members (excludes halogenated alkanes) is 5. The summed E-state index contributed by atoms with van der Waals surface area (Å²) in [7, 11) is -3.07. The lowest BCUT2D eigenvalue weighted by atomic mass is 10.0. The predicted molar refractivity (Wildman–Crippen MR) is 98.0 cm³/mol. The lowest BCUT2D eigenvalue weighted by Gasteiger charge is -2.16. The first kappa shape index (κ1) is 23.4. The Morgan fingerprint density at radius 3 is 2.00 bits per heavy atom. The maximum absolute atomic E-state index is 11.9. The monoisotopic (exact) mass is 364 g/mol. The van der Waals surface area contributed by atoms with Crippen molar-refractivity contribution in [3.05, 3.63) is 0 Å². The van der Waals surface area contributed by atoms with E-state index in [0.717, 1.165) is 51.4 Å².